The van der Waals surface area contributed by atoms with Gasteiger partial charge in [-0.2, -0.15) is 0 Å². The van der Waals surface area contributed by atoms with E-state index in [1.165, 1.54) is 12.8 Å². The summed E-state index contributed by atoms with van der Waals surface area (Å²) in [5.41, 5.74) is 1.75. The van der Waals surface area contributed by atoms with Crippen LogP contribution in [0.4, 0.5) is 5.69 Å². The van der Waals surface area contributed by atoms with E-state index in [4.69, 9.17) is 0 Å². The maximum atomic E-state index is 11.8. The minimum absolute atomic E-state index is 0.167. The number of anilines is 1. The van der Waals surface area contributed by atoms with Crippen LogP contribution in [-0.4, -0.2) is 26.8 Å². The van der Waals surface area contributed by atoms with Crippen LogP contribution in [0.2, 0.25) is 0 Å². The van der Waals surface area contributed by atoms with Crippen molar-refractivity contribution in [3.8, 4) is 0 Å². The molecule has 100 valence electrons. The Morgan fingerprint density at radius 1 is 1.22 bits per heavy atom. The Labute approximate surface area is 109 Å². The molecule has 4 nitrogen and oxygen atoms in total. The second-order valence-electron chi connectivity index (χ2n) is 4.87. The molecule has 1 aromatic rings. The van der Waals surface area contributed by atoms with Gasteiger partial charge in [0.1, 0.15) is 0 Å². The molecule has 2 rings (SSSR count). The fraction of sp³-hybridized carbons (Fsp3) is 0.538. The summed E-state index contributed by atoms with van der Waals surface area (Å²) in [6.07, 6.45) is 3.11. The van der Waals surface area contributed by atoms with Gasteiger partial charge in [-0.3, -0.25) is 4.72 Å². The number of aryl methyl sites for hydroxylation is 1. The van der Waals surface area contributed by atoms with E-state index in [2.05, 4.69) is 10.0 Å². The van der Waals surface area contributed by atoms with E-state index in [0.29, 0.717) is 18.2 Å². The van der Waals surface area contributed by atoms with E-state index < -0.39 is 10.0 Å². The minimum Gasteiger partial charge on any atom is -0.314 e. The summed E-state index contributed by atoms with van der Waals surface area (Å²) in [5.74, 6) is 0.167. The Kier molecular flexibility index (Phi) is 4.24. The number of hydrogen-bond donors (Lipinski definition) is 2. The molecule has 0 aliphatic heterocycles. The summed E-state index contributed by atoms with van der Waals surface area (Å²) in [7, 11) is -3.22. The molecule has 0 heterocycles. The normalized spacial score (nSPS) is 15.6. The highest BCUT2D eigenvalue weighted by atomic mass is 32.2. The van der Waals surface area contributed by atoms with Crippen LogP contribution in [0.15, 0.2) is 24.3 Å². The second-order valence-corrected chi connectivity index (χ2v) is 6.71. The van der Waals surface area contributed by atoms with E-state index in [0.717, 1.165) is 12.1 Å². The van der Waals surface area contributed by atoms with Crippen molar-refractivity contribution in [3.05, 3.63) is 29.8 Å². The zero-order valence-electron chi connectivity index (χ0n) is 10.6. The quantitative estimate of drug-likeness (QED) is 0.742. The van der Waals surface area contributed by atoms with Crippen molar-refractivity contribution in [1.82, 2.24) is 5.32 Å². The van der Waals surface area contributed by atoms with E-state index in [1.807, 2.05) is 19.1 Å². The highest BCUT2D eigenvalue weighted by molar-refractivity contribution is 7.92. The average Bonchev–Trinajstić information content (AvgIpc) is 3.11. The molecular weight excluding hydrogens is 248 g/mol. The fourth-order valence-electron chi connectivity index (χ4n) is 1.71. The molecule has 0 saturated heterocycles. The molecule has 0 aromatic heterocycles. The van der Waals surface area contributed by atoms with Gasteiger partial charge in [-0.1, -0.05) is 17.7 Å². The summed E-state index contributed by atoms with van der Waals surface area (Å²) < 4.78 is 26.2. The van der Waals surface area contributed by atoms with Gasteiger partial charge in [-0.15, -0.1) is 0 Å². The minimum atomic E-state index is -3.22. The first-order chi connectivity index (χ1) is 8.55. The Morgan fingerprint density at radius 3 is 2.50 bits per heavy atom. The van der Waals surface area contributed by atoms with Crippen molar-refractivity contribution in [2.24, 2.45) is 0 Å². The molecule has 0 spiro atoms. The topological polar surface area (TPSA) is 58.2 Å². The maximum absolute atomic E-state index is 11.8. The number of benzene rings is 1. The molecule has 1 saturated carbocycles. The van der Waals surface area contributed by atoms with Crippen molar-refractivity contribution >= 4 is 15.7 Å². The lowest BCUT2D eigenvalue weighted by Crippen LogP contribution is -2.23. The predicted octanol–water partition coefficient (Wildman–Crippen LogP) is 1.88. The van der Waals surface area contributed by atoms with Crippen LogP contribution < -0.4 is 10.0 Å². The standard InChI is InChI=1S/C13H20N2O2S/c1-11-3-5-13(6-4-11)15-18(16,17)10-2-9-14-12-7-8-12/h3-6,12,14-15H,2,7-10H2,1H3. The third-order valence-corrected chi connectivity index (χ3v) is 4.30. The van der Waals surface area contributed by atoms with E-state index in [-0.39, 0.29) is 5.75 Å². The first-order valence-electron chi connectivity index (χ1n) is 6.36. The predicted molar refractivity (Wildman–Crippen MR) is 74.2 cm³/mol. The molecule has 0 bridgehead atoms. The van der Waals surface area contributed by atoms with Crippen LogP contribution >= 0.6 is 0 Å². The highest BCUT2D eigenvalue weighted by Gasteiger charge is 2.20. The SMILES string of the molecule is Cc1ccc(NS(=O)(=O)CCCNC2CC2)cc1. The maximum Gasteiger partial charge on any atom is 0.232 e. The lowest BCUT2D eigenvalue weighted by atomic mass is 10.2. The number of sulfonamides is 1. The average molecular weight is 268 g/mol. The smallest absolute Gasteiger partial charge is 0.232 e. The molecule has 2 N–H and O–H groups in total. The third kappa shape index (κ3) is 4.66. The van der Waals surface area contributed by atoms with Crippen LogP contribution in [-0.2, 0) is 10.0 Å². The van der Waals surface area contributed by atoms with Crippen molar-refractivity contribution in [2.45, 2.75) is 32.2 Å². The van der Waals surface area contributed by atoms with Gasteiger partial charge in [0, 0.05) is 11.7 Å². The number of nitrogens with one attached hydrogen (secondary N) is 2. The largest absolute Gasteiger partial charge is 0.314 e. The van der Waals surface area contributed by atoms with Gasteiger partial charge >= 0.3 is 0 Å². The Morgan fingerprint density at radius 2 is 1.89 bits per heavy atom. The molecule has 5 heteroatoms. The van der Waals surface area contributed by atoms with Gasteiger partial charge in [0.2, 0.25) is 10.0 Å². The van der Waals surface area contributed by atoms with Crippen LogP contribution in [0.1, 0.15) is 24.8 Å². The molecule has 0 radical (unpaired) electrons. The van der Waals surface area contributed by atoms with Gasteiger partial charge in [0.25, 0.3) is 0 Å². The van der Waals surface area contributed by atoms with Crippen molar-refractivity contribution in [2.75, 3.05) is 17.0 Å². The Hall–Kier alpha value is -1.07. The zero-order chi connectivity index (χ0) is 13.0. The second kappa shape index (κ2) is 5.71. The molecule has 0 amide bonds. The Balaban J connectivity index is 1.76. The molecule has 1 fully saturated rings. The lowest BCUT2D eigenvalue weighted by Gasteiger charge is -2.08. The van der Waals surface area contributed by atoms with Crippen LogP contribution in [0.3, 0.4) is 0 Å². The molecule has 18 heavy (non-hydrogen) atoms. The summed E-state index contributed by atoms with van der Waals surface area (Å²) in [5, 5.41) is 3.31. The van der Waals surface area contributed by atoms with Gasteiger partial charge in [0.05, 0.1) is 5.75 Å². The van der Waals surface area contributed by atoms with Gasteiger partial charge < -0.3 is 5.32 Å². The summed E-state index contributed by atoms with van der Waals surface area (Å²) in [6, 6.07) is 8.00. The first kappa shape index (κ1) is 13.4. The molecular formula is C13H20N2O2S. The molecule has 1 aliphatic rings. The Bertz CT molecular complexity index is 478. The van der Waals surface area contributed by atoms with Crippen molar-refractivity contribution in [1.29, 1.82) is 0 Å². The molecule has 1 aliphatic carbocycles. The van der Waals surface area contributed by atoms with E-state index in [9.17, 15) is 8.42 Å². The van der Waals surface area contributed by atoms with Gasteiger partial charge in [-0.25, -0.2) is 8.42 Å². The monoisotopic (exact) mass is 268 g/mol. The fourth-order valence-corrected chi connectivity index (χ4v) is 2.83. The molecule has 0 atom stereocenters. The summed E-state index contributed by atoms with van der Waals surface area (Å²) in [6.45, 7) is 2.75. The third-order valence-electron chi connectivity index (χ3n) is 2.93. The first-order valence-corrected chi connectivity index (χ1v) is 8.01. The number of hydrogen-bond acceptors (Lipinski definition) is 3. The van der Waals surface area contributed by atoms with Gasteiger partial charge in [0.15, 0.2) is 0 Å². The van der Waals surface area contributed by atoms with Crippen LogP contribution in [0.25, 0.3) is 0 Å². The lowest BCUT2D eigenvalue weighted by molar-refractivity contribution is 0.593. The number of rotatable bonds is 7. The van der Waals surface area contributed by atoms with Crippen molar-refractivity contribution < 1.29 is 8.42 Å². The molecule has 0 unspecified atom stereocenters. The summed E-state index contributed by atoms with van der Waals surface area (Å²) >= 11 is 0. The van der Waals surface area contributed by atoms with Crippen LogP contribution in [0.5, 0.6) is 0 Å². The van der Waals surface area contributed by atoms with E-state index in [1.54, 1.807) is 12.1 Å². The highest BCUT2D eigenvalue weighted by Crippen LogP contribution is 2.18. The molecule has 1 aromatic carbocycles. The zero-order valence-corrected chi connectivity index (χ0v) is 11.5. The van der Waals surface area contributed by atoms with Gasteiger partial charge in [-0.05, 0) is 44.9 Å². The van der Waals surface area contributed by atoms with E-state index >= 15 is 0 Å². The summed E-state index contributed by atoms with van der Waals surface area (Å²) in [4.78, 5) is 0. The van der Waals surface area contributed by atoms with Crippen LogP contribution in [0, 0.1) is 6.92 Å². The van der Waals surface area contributed by atoms with Crippen molar-refractivity contribution in [3.63, 3.8) is 0 Å².